The third kappa shape index (κ3) is 3.24. The number of hydrogen-bond donors (Lipinski definition) is 2. The van der Waals surface area contributed by atoms with E-state index in [0.29, 0.717) is 18.8 Å². The maximum Gasteiger partial charge on any atom is 0.220 e. The molecule has 1 aliphatic carbocycles. The number of carbonyl (C=O) groups is 1. The van der Waals surface area contributed by atoms with Crippen molar-refractivity contribution in [1.29, 1.82) is 0 Å². The molecule has 1 heterocycles. The summed E-state index contributed by atoms with van der Waals surface area (Å²) in [5.41, 5.74) is 5.26. The zero-order valence-electron chi connectivity index (χ0n) is 12.2. The molecule has 2 N–H and O–H groups in total. The molecule has 1 aromatic carbocycles. The van der Waals surface area contributed by atoms with Crippen LogP contribution in [-0.2, 0) is 24.2 Å². The molecule has 0 saturated heterocycles. The fourth-order valence-corrected chi connectivity index (χ4v) is 3.21. The number of nitrogens with one attached hydrogen (secondary N) is 2. The van der Waals surface area contributed by atoms with E-state index in [0.717, 1.165) is 18.4 Å². The van der Waals surface area contributed by atoms with Crippen molar-refractivity contribution >= 4 is 28.4 Å². The Balaban J connectivity index is 1.73. The Morgan fingerprint density at radius 3 is 3.00 bits per heavy atom. The largest absolute Gasteiger partial charge is 0.358 e. The predicted octanol–water partition coefficient (Wildman–Crippen LogP) is 3.68. The number of fused-ring (bicyclic) bond motifs is 3. The monoisotopic (exact) mass is 304 g/mol. The number of hydrogen-bond acceptors (Lipinski definition) is 1. The van der Waals surface area contributed by atoms with Crippen LogP contribution in [0, 0.1) is 0 Å². The van der Waals surface area contributed by atoms with Crippen molar-refractivity contribution in [2.75, 3.05) is 5.88 Å². The number of benzene rings is 1. The molecule has 0 unspecified atom stereocenters. The van der Waals surface area contributed by atoms with E-state index in [2.05, 4.69) is 28.5 Å². The van der Waals surface area contributed by atoms with Crippen LogP contribution in [0.2, 0.25) is 0 Å². The lowest BCUT2D eigenvalue weighted by Crippen LogP contribution is -2.22. The summed E-state index contributed by atoms with van der Waals surface area (Å²) in [5, 5.41) is 4.29. The zero-order chi connectivity index (χ0) is 14.7. The molecule has 0 bridgehead atoms. The summed E-state index contributed by atoms with van der Waals surface area (Å²) in [7, 11) is 0. The first kappa shape index (κ1) is 14.5. The average molecular weight is 305 g/mol. The van der Waals surface area contributed by atoms with Crippen molar-refractivity contribution in [3.63, 3.8) is 0 Å². The van der Waals surface area contributed by atoms with Gasteiger partial charge in [0.15, 0.2) is 0 Å². The summed E-state index contributed by atoms with van der Waals surface area (Å²) in [6.45, 7) is 0.594. The molecule has 1 aromatic heterocycles. The van der Waals surface area contributed by atoms with Gasteiger partial charge in [0.1, 0.15) is 0 Å². The van der Waals surface area contributed by atoms with Crippen LogP contribution < -0.4 is 5.32 Å². The van der Waals surface area contributed by atoms with Crippen LogP contribution in [-0.4, -0.2) is 16.8 Å². The summed E-state index contributed by atoms with van der Waals surface area (Å²) in [4.78, 5) is 15.2. The molecule has 1 aliphatic rings. The average Bonchev–Trinajstić information content (AvgIpc) is 2.89. The third-order valence-electron chi connectivity index (χ3n) is 4.19. The van der Waals surface area contributed by atoms with E-state index in [9.17, 15) is 4.79 Å². The molecule has 3 nitrogen and oxygen atoms in total. The molecule has 112 valence electrons. The first-order valence-corrected chi connectivity index (χ1v) is 8.26. The minimum absolute atomic E-state index is 0.0758. The Morgan fingerprint density at radius 2 is 2.14 bits per heavy atom. The zero-order valence-corrected chi connectivity index (χ0v) is 12.9. The van der Waals surface area contributed by atoms with Gasteiger partial charge < -0.3 is 10.3 Å². The van der Waals surface area contributed by atoms with Gasteiger partial charge in [-0.25, -0.2) is 0 Å². The summed E-state index contributed by atoms with van der Waals surface area (Å²) in [6.07, 6.45) is 6.13. The van der Waals surface area contributed by atoms with E-state index in [1.807, 2.05) is 0 Å². The lowest BCUT2D eigenvalue weighted by Gasteiger charge is -2.10. The molecular weight excluding hydrogens is 284 g/mol. The van der Waals surface area contributed by atoms with Gasteiger partial charge in [0.05, 0.1) is 0 Å². The van der Waals surface area contributed by atoms with Crippen LogP contribution in [0.5, 0.6) is 0 Å². The lowest BCUT2D eigenvalue weighted by atomic mass is 9.95. The second kappa shape index (κ2) is 6.52. The van der Waals surface area contributed by atoms with Gasteiger partial charge in [-0.05, 0) is 55.4 Å². The van der Waals surface area contributed by atoms with Gasteiger partial charge in [-0.15, -0.1) is 11.6 Å². The Kier molecular flexibility index (Phi) is 4.49. The number of rotatable bonds is 5. The molecule has 2 aromatic rings. The number of halogens is 1. The summed E-state index contributed by atoms with van der Waals surface area (Å²) in [5.74, 6) is 0.612. The van der Waals surface area contributed by atoms with Crippen LogP contribution >= 0.6 is 11.6 Å². The molecule has 0 aliphatic heterocycles. The van der Waals surface area contributed by atoms with E-state index in [-0.39, 0.29) is 5.91 Å². The highest BCUT2D eigenvalue weighted by Crippen LogP contribution is 2.29. The van der Waals surface area contributed by atoms with Gasteiger partial charge in [0.25, 0.3) is 0 Å². The van der Waals surface area contributed by atoms with Crippen LogP contribution in [0.4, 0.5) is 0 Å². The first-order chi connectivity index (χ1) is 10.3. The smallest absolute Gasteiger partial charge is 0.220 e. The minimum atomic E-state index is 0.0758. The number of aryl methyl sites for hydroxylation is 2. The predicted molar refractivity (Wildman–Crippen MR) is 86.7 cm³/mol. The number of carbonyl (C=O) groups excluding carboxylic acids is 1. The molecule has 21 heavy (non-hydrogen) atoms. The van der Waals surface area contributed by atoms with Crippen molar-refractivity contribution in [2.45, 2.75) is 45.1 Å². The van der Waals surface area contributed by atoms with E-state index in [4.69, 9.17) is 11.6 Å². The Hall–Kier alpha value is -1.48. The summed E-state index contributed by atoms with van der Waals surface area (Å²) < 4.78 is 0. The van der Waals surface area contributed by atoms with E-state index >= 15 is 0 Å². The maximum absolute atomic E-state index is 11.6. The van der Waals surface area contributed by atoms with Gasteiger partial charge in [0, 0.05) is 35.4 Å². The standard InChI is InChI=1S/C17H21ClN2O/c18-9-3-6-17(21)19-11-12-7-8-16-14(10-12)13-4-1-2-5-15(13)20-16/h7-8,10,20H,1-6,9,11H2,(H,19,21). The van der Waals surface area contributed by atoms with Gasteiger partial charge in [-0.1, -0.05) is 6.07 Å². The molecular formula is C17H21ClN2O. The fraction of sp³-hybridized carbons (Fsp3) is 0.471. The molecule has 1 amide bonds. The molecule has 4 heteroatoms. The molecule has 0 radical (unpaired) electrons. The number of amides is 1. The molecule has 0 atom stereocenters. The topological polar surface area (TPSA) is 44.9 Å². The molecule has 0 saturated carbocycles. The van der Waals surface area contributed by atoms with Crippen LogP contribution in [0.15, 0.2) is 18.2 Å². The summed E-state index contributed by atoms with van der Waals surface area (Å²) >= 11 is 5.60. The Bertz CT molecular complexity index is 648. The highest BCUT2D eigenvalue weighted by molar-refractivity contribution is 6.17. The van der Waals surface area contributed by atoms with Crippen molar-refractivity contribution in [3.05, 3.63) is 35.0 Å². The van der Waals surface area contributed by atoms with Gasteiger partial charge in [0.2, 0.25) is 5.91 Å². The van der Waals surface area contributed by atoms with Crippen molar-refractivity contribution in [3.8, 4) is 0 Å². The number of aromatic nitrogens is 1. The van der Waals surface area contributed by atoms with Crippen LogP contribution in [0.1, 0.15) is 42.5 Å². The lowest BCUT2D eigenvalue weighted by molar-refractivity contribution is -0.121. The molecule has 3 rings (SSSR count). The quantitative estimate of drug-likeness (QED) is 0.813. The SMILES string of the molecule is O=C(CCCCl)NCc1ccc2[nH]c3c(c2c1)CCCC3. The minimum Gasteiger partial charge on any atom is -0.358 e. The first-order valence-electron chi connectivity index (χ1n) is 7.73. The van der Waals surface area contributed by atoms with E-state index < -0.39 is 0 Å². The van der Waals surface area contributed by atoms with Gasteiger partial charge >= 0.3 is 0 Å². The highest BCUT2D eigenvalue weighted by atomic mass is 35.5. The maximum atomic E-state index is 11.6. The highest BCUT2D eigenvalue weighted by Gasteiger charge is 2.15. The number of aromatic amines is 1. The third-order valence-corrected chi connectivity index (χ3v) is 4.46. The second-order valence-electron chi connectivity index (χ2n) is 5.74. The Morgan fingerprint density at radius 1 is 1.29 bits per heavy atom. The van der Waals surface area contributed by atoms with Crippen LogP contribution in [0.3, 0.4) is 0 Å². The molecule has 0 fully saturated rings. The fourth-order valence-electron chi connectivity index (χ4n) is 3.08. The van der Waals surface area contributed by atoms with Gasteiger partial charge in [-0.3, -0.25) is 4.79 Å². The van der Waals surface area contributed by atoms with Crippen molar-refractivity contribution in [1.82, 2.24) is 10.3 Å². The number of H-pyrrole nitrogens is 1. The molecule has 0 spiro atoms. The van der Waals surface area contributed by atoms with Crippen molar-refractivity contribution < 1.29 is 4.79 Å². The second-order valence-corrected chi connectivity index (χ2v) is 6.12. The normalized spacial score (nSPS) is 14.1. The summed E-state index contributed by atoms with van der Waals surface area (Å²) in [6, 6.07) is 6.44. The van der Waals surface area contributed by atoms with Gasteiger partial charge in [-0.2, -0.15) is 0 Å². The Labute approximate surface area is 130 Å². The van der Waals surface area contributed by atoms with E-state index in [1.165, 1.54) is 41.4 Å². The van der Waals surface area contributed by atoms with Crippen molar-refractivity contribution in [2.24, 2.45) is 0 Å². The van der Waals surface area contributed by atoms with Crippen LogP contribution in [0.25, 0.3) is 10.9 Å². The van der Waals surface area contributed by atoms with E-state index in [1.54, 1.807) is 0 Å². The number of alkyl halides is 1.